The highest BCUT2D eigenvalue weighted by Gasteiger charge is 2.26. The van der Waals surface area contributed by atoms with E-state index in [-0.39, 0.29) is 30.3 Å². The summed E-state index contributed by atoms with van der Waals surface area (Å²) in [5.74, 6) is -1.54. The van der Waals surface area contributed by atoms with Gasteiger partial charge in [-0.25, -0.2) is 13.6 Å². The van der Waals surface area contributed by atoms with Crippen LogP contribution in [-0.4, -0.2) is 85.0 Å². The first-order valence-electron chi connectivity index (χ1n) is 13.5. The van der Waals surface area contributed by atoms with Gasteiger partial charge >= 0.3 is 5.97 Å². The average molecular weight is 556 g/mol. The van der Waals surface area contributed by atoms with Crippen LogP contribution in [0.25, 0.3) is 0 Å². The molecular weight excluding hydrogens is 516 g/mol. The second-order valence-electron chi connectivity index (χ2n) is 9.76. The van der Waals surface area contributed by atoms with Crippen molar-refractivity contribution in [1.29, 1.82) is 0 Å². The fraction of sp³-hybridized carbons (Fsp3) is 0.387. The van der Waals surface area contributed by atoms with Crippen LogP contribution in [0.3, 0.4) is 0 Å². The van der Waals surface area contributed by atoms with Crippen LogP contribution in [0, 0.1) is 11.6 Å². The van der Waals surface area contributed by atoms with Crippen LogP contribution in [0.5, 0.6) is 0 Å². The van der Waals surface area contributed by atoms with Crippen LogP contribution in [0.4, 0.5) is 8.78 Å². The number of carboxylic acids is 1. The van der Waals surface area contributed by atoms with Crippen molar-refractivity contribution in [2.24, 2.45) is 0 Å². The predicted octanol–water partition coefficient (Wildman–Crippen LogP) is 4.10. The van der Waals surface area contributed by atoms with Crippen LogP contribution in [0.1, 0.15) is 35.8 Å². The highest BCUT2D eigenvalue weighted by molar-refractivity contribution is 5.67. The van der Waals surface area contributed by atoms with Gasteiger partial charge in [0.15, 0.2) is 0 Å². The monoisotopic (exact) mass is 555 g/mol. The molecule has 3 aromatic carbocycles. The number of nitrogens with one attached hydrogen (secondary N) is 1. The van der Waals surface area contributed by atoms with Gasteiger partial charge in [0.05, 0.1) is 18.8 Å². The number of rotatable bonds is 11. The maximum atomic E-state index is 13.4. The molecule has 7 nitrogen and oxygen atoms in total. The Kier molecular flexibility index (Phi) is 12.6. The number of likely N-dealkylation sites (N-methyl/N-ethyl adjacent to an activating group) is 1. The predicted molar refractivity (Wildman–Crippen MR) is 151 cm³/mol. The van der Waals surface area contributed by atoms with Gasteiger partial charge in [-0.2, -0.15) is 0 Å². The Morgan fingerprint density at radius 2 is 1.40 bits per heavy atom. The molecule has 0 saturated carbocycles. The molecule has 2 atom stereocenters. The van der Waals surface area contributed by atoms with E-state index in [1.165, 1.54) is 24.3 Å². The summed E-state index contributed by atoms with van der Waals surface area (Å²) in [4.78, 5) is 15.0. The molecule has 1 fully saturated rings. The van der Waals surface area contributed by atoms with Gasteiger partial charge in [-0.1, -0.05) is 54.6 Å². The van der Waals surface area contributed by atoms with Gasteiger partial charge in [0.2, 0.25) is 0 Å². The largest absolute Gasteiger partial charge is 0.480 e. The molecule has 0 amide bonds. The number of hydrogen-bond acceptors (Lipinski definition) is 6. The zero-order valence-electron chi connectivity index (χ0n) is 23.0. The lowest BCUT2D eigenvalue weighted by molar-refractivity contribution is -0.142. The Morgan fingerprint density at radius 3 is 1.88 bits per heavy atom. The number of aliphatic carboxylic acids is 1. The molecular formula is C31H39F2N3O4. The van der Waals surface area contributed by atoms with Crippen LogP contribution < -0.4 is 5.32 Å². The lowest BCUT2D eigenvalue weighted by Crippen LogP contribution is -2.48. The van der Waals surface area contributed by atoms with Crippen LogP contribution in [0.15, 0.2) is 78.9 Å². The van der Waals surface area contributed by atoms with Gasteiger partial charge in [-0.05, 0) is 54.9 Å². The number of piperazine rings is 1. The second kappa shape index (κ2) is 16.2. The minimum atomic E-state index is -0.966. The average Bonchev–Trinajstić information content (AvgIpc) is 2.98. The van der Waals surface area contributed by atoms with E-state index in [0.717, 1.165) is 42.9 Å². The molecule has 1 heterocycles. The number of halogens is 2. The summed E-state index contributed by atoms with van der Waals surface area (Å²) >= 11 is 0. The van der Waals surface area contributed by atoms with Crippen molar-refractivity contribution in [3.05, 3.63) is 107 Å². The molecule has 0 aliphatic carbocycles. The molecule has 0 aromatic heterocycles. The molecule has 1 aliphatic heterocycles. The van der Waals surface area contributed by atoms with E-state index >= 15 is 0 Å². The van der Waals surface area contributed by atoms with E-state index in [2.05, 4.69) is 15.1 Å². The van der Waals surface area contributed by atoms with Crippen LogP contribution in [-0.2, 0) is 9.53 Å². The summed E-state index contributed by atoms with van der Waals surface area (Å²) in [6.07, 6.45) is -0.420. The first-order valence-corrected chi connectivity index (χ1v) is 13.5. The number of aliphatic hydroxyl groups excluding tert-OH is 1. The Morgan fingerprint density at radius 1 is 0.875 bits per heavy atom. The van der Waals surface area contributed by atoms with Crippen molar-refractivity contribution in [2.75, 3.05) is 53.0 Å². The van der Waals surface area contributed by atoms with E-state index < -0.39 is 12.1 Å². The van der Waals surface area contributed by atoms with E-state index in [0.29, 0.717) is 13.2 Å². The molecule has 3 aromatic rings. The minimum absolute atomic E-state index is 0.0772. The number of benzene rings is 3. The minimum Gasteiger partial charge on any atom is -0.480 e. The molecule has 40 heavy (non-hydrogen) atoms. The van der Waals surface area contributed by atoms with Crippen LogP contribution >= 0.6 is 0 Å². The van der Waals surface area contributed by atoms with Crippen molar-refractivity contribution in [3.63, 3.8) is 0 Å². The summed E-state index contributed by atoms with van der Waals surface area (Å²) in [5, 5.41) is 21.3. The summed E-state index contributed by atoms with van der Waals surface area (Å²) in [7, 11) is 1.84. The fourth-order valence-corrected chi connectivity index (χ4v) is 4.60. The normalized spacial score (nSPS) is 15.8. The van der Waals surface area contributed by atoms with E-state index in [4.69, 9.17) is 9.84 Å². The molecule has 4 rings (SSSR count). The van der Waals surface area contributed by atoms with Crippen molar-refractivity contribution in [3.8, 4) is 0 Å². The molecule has 0 spiro atoms. The standard InChI is InChI=1S/C21H24F2N2O3.C10H15NO/c22-18-5-1-16(2-6-18)21(17-3-7-19(23)8-4-17)25-11-9-24(10-12-25)13-14-28-15-20(26)27;1-8(11-2)10(12)9-6-4-3-5-7-9/h1-8,21H,9-15H2,(H,26,27);3-8,10-12H,1-2H3/t;8-,10+/m.0/s1. The number of ether oxygens (including phenoxy) is 1. The Labute approximate surface area is 235 Å². The molecule has 3 N–H and O–H groups in total. The van der Waals surface area contributed by atoms with E-state index in [1.54, 1.807) is 24.3 Å². The van der Waals surface area contributed by atoms with E-state index in [9.17, 15) is 18.7 Å². The van der Waals surface area contributed by atoms with Crippen molar-refractivity contribution >= 4 is 5.97 Å². The Bertz CT molecular complexity index is 1100. The molecule has 1 aliphatic rings. The SMILES string of the molecule is CN[C@@H](C)[C@@H](O)c1ccccc1.O=C(O)COCCN1CCN(C(c2ccc(F)cc2)c2ccc(F)cc2)CC1. The van der Waals surface area contributed by atoms with E-state index in [1.807, 2.05) is 44.3 Å². The third kappa shape index (κ3) is 9.76. The third-order valence-electron chi connectivity index (χ3n) is 6.99. The highest BCUT2D eigenvalue weighted by Crippen LogP contribution is 2.30. The van der Waals surface area contributed by atoms with Crippen molar-refractivity contribution in [2.45, 2.75) is 25.1 Å². The first kappa shape index (κ1) is 31.3. The van der Waals surface area contributed by atoms with Gasteiger partial charge in [0.25, 0.3) is 0 Å². The summed E-state index contributed by atoms with van der Waals surface area (Å²) < 4.78 is 31.9. The van der Waals surface area contributed by atoms with Crippen molar-refractivity contribution in [1.82, 2.24) is 15.1 Å². The molecule has 0 bridgehead atoms. The molecule has 0 radical (unpaired) electrons. The summed E-state index contributed by atoms with van der Waals surface area (Å²) in [5.41, 5.74) is 2.89. The smallest absolute Gasteiger partial charge is 0.329 e. The third-order valence-corrected chi connectivity index (χ3v) is 6.99. The lowest BCUT2D eigenvalue weighted by Gasteiger charge is -2.39. The topological polar surface area (TPSA) is 85.3 Å². The Balaban J connectivity index is 0.000000307. The number of aliphatic hydroxyl groups is 1. The first-order chi connectivity index (χ1) is 19.3. The zero-order chi connectivity index (χ0) is 28.9. The lowest BCUT2D eigenvalue weighted by atomic mass is 9.96. The molecule has 9 heteroatoms. The van der Waals surface area contributed by atoms with Crippen molar-refractivity contribution < 1.29 is 28.5 Å². The number of carbonyl (C=O) groups is 1. The van der Waals surface area contributed by atoms with Gasteiger partial charge in [-0.3, -0.25) is 9.80 Å². The maximum absolute atomic E-state index is 13.4. The second-order valence-corrected chi connectivity index (χ2v) is 9.76. The molecule has 216 valence electrons. The quantitative estimate of drug-likeness (QED) is 0.307. The summed E-state index contributed by atoms with van der Waals surface area (Å²) in [6.45, 7) is 5.95. The van der Waals surface area contributed by atoms with Crippen LogP contribution in [0.2, 0.25) is 0 Å². The molecule has 0 unspecified atom stereocenters. The number of hydrogen-bond donors (Lipinski definition) is 3. The Hall–Kier alpha value is -3.21. The van der Waals surface area contributed by atoms with Gasteiger partial charge in [-0.15, -0.1) is 0 Å². The summed E-state index contributed by atoms with van der Waals surface area (Å²) in [6, 6.07) is 22.6. The number of carboxylic acid groups (broad SMARTS) is 1. The molecule has 1 saturated heterocycles. The maximum Gasteiger partial charge on any atom is 0.329 e. The fourth-order valence-electron chi connectivity index (χ4n) is 4.60. The highest BCUT2D eigenvalue weighted by atomic mass is 19.1. The van der Waals surface area contributed by atoms with Gasteiger partial charge in [0, 0.05) is 38.8 Å². The van der Waals surface area contributed by atoms with Gasteiger partial charge < -0.3 is 20.3 Å². The number of nitrogens with zero attached hydrogens (tertiary/aromatic N) is 2. The zero-order valence-corrected chi connectivity index (χ0v) is 23.0. The van der Waals surface area contributed by atoms with Gasteiger partial charge in [0.1, 0.15) is 18.2 Å².